The van der Waals surface area contributed by atoms with Crippen LogP contribution in [0.1, 0.15) is 12.5 Å². The summed E-state index contributed by atoms with van der Waals surface area (Å²) in [5.74, 6) is 1.32. The van der Waals surface area contributed by atoms with Gasteiger partial charge in [-0.05, 0) is 42.8 Å². The van der Waals surface area contributed by atoms with Crippen LogP contribution < -0.4 is 19.5 Å². The number of thiocarbonyl (C=S) groups is 1. The fourth-order valence-electron chi connectivity index (χ4n) is 2.93. The molecule has 7 nitrogen and oxygen atoms in total. The van der Waals surface area contributed by atoms with Crippen LogP contribution in [-0.4, -0.2) is 41.0 Å². The minimum Gasteiger partial charge on any atom is -0.494 e. The molecule has 1 fully saturated rings. The summed E-state index contributed by atoms with van der Waals surface area (Å²) in [6.45, 7) is 2.50. The number of anilines is 1. The van der Waals surface area contributed by atoms with Crippen molar-refractivity contribution in [2.75, 3.05) is 25.3 Å². The second-order valence-corrected chi connectivity index (χ2v) is 8.06. The van der Waals surface area contributed by atoms with Crippen molar-refractivity contribution in [2.45, 2.75) is 6.92 Å². The molecule has 0 aromatic heterocycles. The monoisotopic (exact) mass is 442 g/mol. The number of nitrogens with zero attached hydrogens (tertiary/aromatic N) is 1. The van der Waals surface area contributed by atoms with Gasteiger partial charge in [-0.15, -0.1) is 0 Å². The SMILES string of the molecule is CCOc1ccc(/C=C2/SC(=S)N(CC(=O)Nc3ccc4c(c3)OCO4)C2=O)cc1. The number of fused-ring (bicyclic) bond motifs is 1. The maximum atomic E-state index is 12.7. The maximum Gasteiger partial charge on any atom is 0.266 e. The lowest BCUT2D eigenvalue weighted by Gasteiger charge is -2.14. The van der Waals surface area contributed by atoms with Crippen LogP contribution in [0.5, 0.6) is 17.2 Å². The molecule has 2 aromatic carbocycles. The van der Waals surface area contributed by atoms with Gasteiger partial charge in [0.2, 0.25) is 12.7 Å². The van der Waals surface area contributed by atoms with Crippen molar-refractivity contribution in [3.8, 4) is 17.2 Å². The predicted molar refractivity (Wildman–Crippen MR) is 119 cm³/mol. The molecule has 1 N–H and O–H groups in total. The molecule has 0 saturated carbocycles. The number of thioether (sulfide) groups is 1. The average molecular weight is 443 g/mol. The quantitative estimate of drug-likeness (QED) is 0.540. The summed E-state index contributed by atoms with van der Waals surface area (Å²) in [7, 11) is 0. The van der Waals surface area contributed by atoms with Gasteiger partial charge in [0.1, 0.15) is 16.6 Å². The van der Waals surface area contributed by atoms with Gasteiger partial charge >= 0.3 is 0 Å². The molecule has 4 rings (SSSR count). The molecule has 2 aliphatic rings. The Kier molecular flexibility index (Phi) is 5.91. The van der Waals surface area contributed by atoms with Crippen molar-refractivity contribution in [3.63, 3.8) is 0 Å². The molecule has 2 amide bonds. The normalized spacial score (nSPS) is 16.3. The lowest BCUT2D eigenvalue weighted by Crippen LogP contribution is -2.36. The molecule has 1 saturated heterocycles. The number of nitrogens with one attached hydrogen (secondary N) is 1. The van der Waals surface area contributed by atoms with Crippen LogP contribution >= 0.6 is 24.0 Å². The summed E-state index contributed by atoms with van der Waals surface area (Å²) in [5, 5.41) is 2.75. The van der Waals surface area contributed by atoms with E-state index >= 15 is 0 Å². The van der Waals surface area contributed by atoms with Crippen molar-refractivity contribution in [3.05, 3.63) is 52.9 Å². The van der Waals surface area contributed by atoms with Crippen LogP contribution in [0.4, 0.5) is 5.69 Å². The highest BCUT2D eigenvalue weighted by Gasteiger charge is 2.33. The molecule has 2 aliphatic heterocycles. The van der Waals surface area contributed by atoms with Crippen LogP contribution in [0.3, 0.4) is 0 Å². The Morgan fingerprint density at radius 1 is 1.23 bits per heavy atom. The van der Waals surface area contributed by atoms with E-state index in [-0.39, 0.29) is 25.2 Å². The van der Waals surface area contributed by atoms with Crippen molar-refractivity contribution in [1.29, 1.82) is 0 Å². The van der Waals surface area contributed by atoms with Gasteiger partial charge in [-0.1, -0.05) is 36.1 Å². The number of amides is 2. The number of carbonyl (C=O) groups excluding carboxylic acids is 2. The molecule has 0 aliphatic carbocycles. The van der Waals surface area contributed by atoms with Crippen LogP contribution in [0, 0.1) is 0 Å². The summed E-state index contributed by atoms with van der Waals surface area (Å²) >= 11 is 6.48. The van der Waals surface area contributed by atoms with Crippen LogP contribution in [-0.2, 0) is 9.59 Å². The lowest BCUT2D eigenvalue weighted by molar-refractivity contribution is -0.126. The van der Waals surface area contributed by atoms with E-state index in [0.717, 1.165) is 11.3 Å². The molecule has 9 heteroatoms. The first-order valence-corrected chi connectivity index (χ1v) is 10.4. The average Bonchev–Trinajstić information content (AvgIpc) is 3.29. The summed E-state index contributed by atoms with van der Waals surface area (Å²) in [4.78, 5) is 27.0. The number of hydrogen-bond acceptors (Lipinski definition) is 7. The largest absolute Gasteiger partial charge is 0.494 e. The van der Waals surface area contributed by atoms with Gasteiger partial charge in [0, 0.05) is 11.8 Å². The van der Waals surface area contributed by atoms with Crippen LogP contribution in [0.25, 0.3) is 6.08 Å². The molecule has 0 spiro atoms. The smallest absolute Gasteiger partial charge is 0.266 e. The predicted octanol–water partition coefficient (Wildman–Crippen LogP) is 3.65. The summed E-state index contributed by atoms with van der Waals surface area (Å²) in [6, 6.07) is 12.5. The second-order valence-electron chi connectivity index (χ2n) is 6.39. The molecular weight excluding hydrogens is 424 g/mol. The van der Waals surface area contributed by atoms with Gasteiger partial charge in [0.05, 0.1) is 11.5 Å². The van der Waals surface area contributed by atoms with E-state index in [9.17, 15) is 9.59 Å². The maximum absolute atomic E-state index is 12.7. The van der Waals surface area contributed by atoms with E-state index in [1.807, 2.05) is 31.2 Å². The number of hydrogen-bond donors (Lipinski definition) is 1. The minimum absolute atomic E-state index is 0.157. The van der Waals surface area contributed by atoms with E-state index in [1.54, 1.807) is 24.3 Å². The molecule has 0 radical (unpaired) electrons. The first kappa shape index (κ1) is 20.2. The summed E-state index contributed by atoms with van der Waals surface area (Å²) in [5.41, 5.74) is 1.41. The second kappa shape index (κ2) is 8.76. The van der Waals surface area contributed by atoms with Gasteiger partial charge in [-0.25, -0.2) is 0 Å². The molecule has 2 aromatic rings. The van der Waals surface area contributed by atoms with E-state index in [4.69, 9.17) is 26.4 Å². The van der Waals surface area contributed by atoms with Crippen molar-refractivity contribution in [2.24, 2.45) is 0 Å². The standard InChI is InChI=1S/C21H18N2O5S2/c1-2-26-15-6-3-13(4-7-15)9-18-20(25)23(21(29)30-18)11-19(24)22-14-5-8-16-17(10-14)28-12-27-16/h3-10H,2,11-12H2,1H3,(H,22,24)/b18-9+. The molecule has 2 heterocycles. The highest BCUT2D eigenvalue weighted by atomic mass is 32.2. The van der Waals surface area contributed by atoms with E-state index in [0.29, 0.717) is 33.0 Å². The molecular formula is C21H18N2O5S2. The summed E-state index contributed by atoms with van der Waals surface area (Å²) < 4.78 is 16.3. The van der Waals surface area contributed by atoms with Gasteiger partial charge in [-0.2, -0.15) is 0 Å². The third-order valence-electron chi connectivity index (χ3n) is 4.32. The Balaban J connectivity index is 1.40. The molecule has 30 heavy (non-hydrogen) atoms. The Labute approximate surface area is 183 Å². The minimum atomic E-state index is -0.354. The third kappa shape index (κ3) is 4.42. The van der Waals surface area contributed by atoms with Gasteiger partial charge in [-0.3, -0.25) is 14.5 Å². The fraction of sp³-hybridized carbons (Fsp3) is 0.190. The highest BCUT2D eigenvalue weighted by Crippen LogP contribution is 2.35. The number of benzene rings is 2. The Hall–Kier alpha value is -3.04. The Bertz CT molecular complexity index is 1040. The zero-order chi connectivity index (χ0) is 21.1. The molecule has 0 bridgehead atoms. The topological polar surface area (TPSA) is 77.1 Å². The first-order chi connectivity index (χ1) is 14.5. The number of carbonyl (C=O) groups is 2. The molecule has 0 atom stereocenters. The number of ether oxygens (including phenoxy) is 3. The Morgan fingerprint density at radius 3 is 2.77 bits per heavy atom. The first-order valence-electron chi connectivity index (χ1n) is 9.21. The van der Waals surface area contributed by atoms with Gasteiger partial charge in [0.25, 0.3) is 5.91 Å². The van der Waals surface area contributed by atoms with Crippen LogP contribution in [0.15, 0.2) is 47.4 Å². The zero-order valence-electron chi connectivity index (χ0n) is 16.0. The van der Waals surface area contributed by atoms with E-state index < -0.39 is 0 Å². The highest BCUT2D eigenvalue weighted by molar-refractivity contribution is 8.26. The van der Waals surface area contributed by atoms with Crippen molar-refractivity contribution < 1.29 is 23.8 Å². The van der Waals surface area contributed by atoms with Crippen molar-refractivity contribution in [1.82, 2.24) is 4.90 Å². The van der Waals surface area contributed by atoms with E-state index in [1.165, 1.54) is 16.7 Å². The number of rotatable bonds is 6. The molecule has 154 valence electrons. The molecule has 0 unspecified atom stereocenters. The van der Waals surface area contributed by atoms with Gasteiger partial charge < -0.3 is 19.5 Å². The van der Waals surface area contributed by atoms with Crippen molar-refractivity contribution >= 4 is 51.9 Å². The zero-order valence-corrected chi connectivity index (χ0v) is 17.7. The third-order valence-corrected chi connectivity index (χ3v) is 5.70. The Morgan fingerprint density at radius 2 is 2.00 bits per heavy atom. The summed E-state index contributed by atoms with van der Waals surface area (Å²) in [6.07, 6.45) is 1.75. The lowest BCUT2D eigenvalue weighted by atomic mass is 10.2. The fourth-order valence-corrected chi connectivity index (χ4v) is 4.19. The van der Waals surface area contributed by atoms with Gasteiger partial charge in [0.15, 0.2) is 11.5 Å². The van der Waals surface area contributed by atoms with E-state index in [2.05, 4.69) is 5.32 Å². The van der Waals surface area contributed by atoms with Crippen LogP contribution in [0.2, 0.25) is 0 Å².